The number of amides is 1. The number of aromatic nitrogens is 2. The topological polar surface area (TPSA) is 46.1 Å². The summed E-state index contributed by atoms with van der Waals surface area (Å²) in [6.45, 7) is 3.68. The predicted molar refractivity (Wildman–Crippen MR) is 132 cm³/mol. The molecule has 1 saturated heterocycles. The molecule has 5 heteroatoms. The largest absolute Gasteiger partial charge is 0.342 e. The van der Waals surface area contributed by atoms with Crippen LogP contribution in [-0.4, -0.2) is 33.9 Å². The Bertz CT molecular complexity index is 1290. The first-order valence-electron chi connectivity index (χ1n) is 11.8. The summed E-state index contributed by atoms with van der Waals surface area (Å²) in [7, 11) is 0. The van der Waals surface area contributed by atoms with Gasteiger partial charge in [-0.1, -0.05) is 36.7 Å². The van der Waals surface area contributed by atoms with Crippen molar-refractivity contribution in [3.8, 4) is 0 Å². The third kappa shape index (κ3) is 4.45. The van der Waals surface area contributed by atoms with Gasteiger partial charge in [0.25, 0.3) is 0 Å². The second-order valence-electron chi connectivity index (χ2n) is 8.91. The van der Waals surface area contributed by atoms with Crippen LogP contribution >= 0.6 is 11.6 Å². The first kappa shape index (κ1) is 21.8. The molecule has 0 spiro atoms. The highest BCUT2D eigenvalue weighted by Gasteiger charge is 2.28. The summed E-state index contributed by atoms with van der Waals surface area (Å²) in [6, 6.07) is 12.4. The van der Waals surface area contributed by atoms with Gasteiger partial charge in [-0.2, -0.15) is 0 Å². The van der Waals surface area contributed by atoms with Crippen LogP contribution in [0.2, 0.25) is 5.02 Å². The minimum absolute atomic E-state index is 0.180. The highest BCUT2D eigenvalue weighted by atomic mass is 35.5. The lowest BCUT2D eigenvalue weighted by molar-refractivity contribution is -0.131. The Hall–Kier alpha value is -2.98. The molecule has 0 saturated carbocycles. The molecule has 2 aromatic heterocycles. The van der Waals surface area contributed by atoms with Gasteiger partial charge in [0.2, 0.25) is 5.91 Å². The molecular formula is C28H28ClN3O. The zero-order chi connectivity index (χ0) is 22.8. The number of aryl methyl sites for hydroxylation is 1. The summed E-state index contributed by atoms with van der Waals surface area (Å²) in [6.07, 6.45) is 11.7. The Labute approximate surface area is 199 Å². The Kier molecular flexibility index (Phi) is 6.28. The van der Waals surface area contributed by atoms with E-state index in [9.17, 15) is 4.79 Å². The van der Waals surface area contributed by atoms with E-state index in [1.807, 2.05) is 29.3 Å². The molecule has 168 valence electrons. The SMILES string of the molecule is CCc1cc2c(cc1Cl)=CCc1cccnc1C=2C1CCN(C(=O)Cc2cccnc2)CC1. The maximum Gasteiger partial charge on any atom is 0.227 e. The number of halogens is 1. The average molecular weight is 458 g/mol. The van der Waals surface area contributed by atoms with Gasteiger partial charge in [0.1, 0.15) is 0 Å². The number of piperidine rings is 1. The van der Waals surface area contributed by atoms with E-state index in [0.717, 1.165) is 55.1 Å². The molecule has 0 bridgehead atoms. The van der Waals surface area contributed by atoms with Gasteiger partial charge in [-0.25, -0.2) is 0 Å². The molecule has 0 unspecified atom stereocenters. The number of fused-ring (bicyclic) bond motifs is 2. The van der Waals surface area contributed by atoms with Crippen LogP contribution in [-0.2, 0) is 24.1 Å². The van der Waals surface area contributed by atoms with E-state index < -0.39 is 0 Å². The minimum atomic E-state index is 0.180. The lowest BCUT2D eigenvalue weighted by atomic mass is 9.84. The summed E-state index contributed by atoms with van der Waals surface area (Å²) >= 11 is 6.59. The van der Waals surface area contributed by atoms with Gasteiger partial charge in [-0.05, 0) is 88.6 Å². The van der Waals surface area contributed by atoms with Crippen molar-refractivity contribution in [2.24, 2.45) is 5.92 Å². The quantitative estimate of drug-likeness (QED) is 0.600. The van der Waals surface area contributed by atoms with Gasteiger partial charge in [0.05, 0.1) is 12.1 Å². The van der Waals surface area contributed by atoms with E-state index in [4.69, 9.17) is 16.6 Å². The predicted octanol–water partition coefficient (Wildman–Crippen LogP) is 3.71. The van der Waals surface area contributed by atoms with Crippen LogP contribution in [0.5, 0.6) is 0 Å². The Morgan fingerprint density at radius 3 is 2.73 bits per heavy atom. The molecule has 1 aromatic carbocycles. The second-order valence-corrected chi connectivity index (χ2v) is 9.32. The zero-order valence-electron chi connectivity index (χ0n) is 18.9. The Balaban J connectivity index is 1.48. The van der Waals surface area contributed by atoms with Gasteiger partial charge >= 0.3 is 0 Å². The fourth-order valence-electron chi connectivity index (χ4n) is 5.12. The summed E-state index contributed by atoms with van der Waals surface area (Å²) in [5.74, 6) is 0.539. The fourth-order valence-corrected chi connectivity index (χ4v) is 5.43. The van der Waals surface area contributed by atoms with Crippen LogP contribution in [0.1, 0.15) is 42.1 Å². The lowest BCUT2D eigenvalue weighted by Gasteiger charge is -2.33. The van der Waals surface area contributed by atoms with Crippen LogP contribution in [0.25, 0.3) is 11.6 Å². The maximum absolute atomic E-state index is 12.9. The number of carbonyl (C=O) groups is 1. The molecule has 1 amide bonds. The zero-order valence-corrected chi connectivity index (χ0v) is 19.7. The van der Waals surface area contributed by atoms with Crippen LogP contribution < -0.4 is 10.4 Å². The van der Waals surface area contributed by atoms with E-state index in [-0.39, 0.29) is 5.91 Å². The van der Waals surface area contributed by atoms with Crippen molar-refractivity contribution in [2.75, 3.05) is 13.1 Å². The summed E-state index contributed by atoms with van der Waals surface area (Å²) in [5, 5.41) is 3.29. The third-order valence-electron chi connectivity index (χ3n) is 6.91. The van der Waals surface area contributed by atoms with E-state index in [2.05, 4.69) is 36.2 Å². The van der Waals surface area contributed by atoms with Crippen LogP contribution in [0, 0.1) is 5.92 Å². The summed E-state index contributed by atoms with van der Waals surface area (Å²) in [5.41, 5.74) is 5.82. The van der Waals surface area contributed by atoms with E-state index in [1.165, 1.54) is 27.1 Å². The summed E-state index contributed by atoms with van der Waals surface area (Å²) in [4.78, 5) is 23.9. The van der Waals surface area contributed by atoms with E-state index >= 15 is 0 Å². The second kappa shape index (κ2) is 9.48. The van der Waals surface area contributed by atoms with Crippen LogP contribution in [0.3, 0.4) is 0 Å². The molecule has 0 radical (unpaired) electrons. The lowest BCUT2D eigenvalue weighted by Crippen LogP contribution is -2.41. The number of nitrogens with zero attached hydrogens (tertiary/aromatic N) is 3. The number of rotatable bonds is 4. The first-order chi connectivity index (χ1) is 16.1. The highest BCUT2D eigenvalue weighted by molar-refractivity contribution is 6.31. The molecule has 3 aromatic rings. The van der Waals surface area contributed by atoms with Crippen molar-refractivity contribution < 1.29 is 4.79 Å². The number of hydrogen-bond donors (Lipinski definition) is 0. The van der Waals surface area contributed by atoms with Crippen molar-refractivity contribution in [3.63, 3.8) is 0 Å². The molecule has 3 heterocycles. The Morgan fingerprint density at radius 1 is 1.15 bits per heavy atom. The monoisotopic (exact) mass is 457 g/mol. The molecule has 33 heavy (non-hydrogen) atoms. The van der Waals surface area contributed by atoms with Gasteiger partial charge in [0.15, 0.2) is 0 Å². The molecular weight excluding hydrogens is 430 g/mol. The number of carbonyl (C=O) groups excluding carboxylic acids is 1. The number of benzene rings is 1. The average Bonchev–Trinajstić information content (AvgIpc) is 3.00. The Morgan fingerprint density at radius 2 is 1.97 bits per heavy atom. The highest BCUT2D eigenvalue weighted by Crippen LogP contribution is 2.32. The molecule has 0 N–H and O–H groups in total. The molecule has 1 aliphatic heterocycles. The molecule has 1 fully saturated rings. The third-order valence-corrected chi connectivity index (χ3v) is 7.26. The van der Waals surface area contributed by atoms with E-state index in [1.54, 1.807) is 12.4 Å². The summed E-state index contributed by atoms with van der Waals surface area (Å²) < 4.78 is 0. The number of pyridine rings is 2. The van der Waals surface area contributed by atoms with Crippen molar-refractivity contribution in [1.29, 1.82) is 0 Å². The normalized spacial score (nSPS) is 15.9. The van der Waals surface area contributed by atoms with Crippen molar-refractivity contribution in [1.82, 2.24) is 14.9 Å². The van der Waals surface area contributed by atoms with Crippen LogP contribution in [0.4, 0.5) is 0 Å². The smallest absolute Gasteiger partial charge is 0.227 e. The van der Waals surface area contributed by atoms with Gasteiger partial charge in [-0.3, -0.25) is 14.8 Å². The molecule has 1 aliphatic carbocycles. The molecule has 5 rings (SSSR count). The van der Waals surface area contributed by atoms with Crippen molar-refractivity contribution in [2.45, 2.75) is 39.0 Å². The van der Waals surface area contributed by atoms with Gasteiger partial charge < -0.3 is 4.90 Å². The number of likely N-dealkylation sites (tertiary alicyclic amines) is 1. The van der Waals surface area contributed by atoms with E-state index in [0.29, 0.717) is 12.3 Å². The molecule has 2 aliphatic rings. The maximum atomic E-state index is 12.9. The fraction of sp³-hybridized carbons (Fsp3) is 0.321. The molecule has 0 atom stereocenters. The van der Waals surface area contributed by atoms with Gasteiger partial charge in [-0.15, -0.1) is 0 Å². The van der Waals surface area contributed by atoms with Crippen molar-refractivity contribution >= 4 is 29.2 Å². The van der Waals surface area contributed by atoms with Crippen molar-refractivity contribution in [3.05, 3.63) is 92.8 Å². The standard InChI is InChI=1S/C28H28ClN3O/c1-2-20-16-24-23(17-25(20)29)8-7-22-6-4-12-31-28(22)27(24)21-9-13-32(14-10-21)26(33)15-19-5-3-11-30-18-19/h3-6,8,11-12,16-18,21H,2,7,9-10,13-15H2,1H3. The molecule has 4 nitrogen and oxygen atoms in total. The number of hydrogen-bond acceptors (Lipinski definition) is 3. The van der Waals surface area contributed by atoms with Gasteiger partial charge in [0, 0.05) is 36.7 Å². The first-order valence-corrected chi connectivity index (χ1v) is 12.2. The minimum Gasteiger partial charge on any atom is -0.342 e. The van der Waals surface area contributed by atoms with Crippen LogP contribution in [0.15, 0.2) is 55.0 Å².